The van der Waals surface area contributed by atoms with Crippen LogP contribution >= 0.6 is 0 Å². The predicted octanol–water partition coefficient (Wildman–Crippen LogP) is 0.0545. The van der Waals surface area contributed by atoms with Gasteiger partial charge in [0.25, 0.3) is 5.91 Å². The van der Waals surface area contributed by atoms with E-state index < -0.39 is 11.9 Å². The summed E-state index contributed by atoms with van der Waals surface area (Å²) < 4.78 is 1.54. The average molecular weight is 396 g/mol. The Kier molecular flexibility index (Phi) is 4.83. The molecule has 4 rings (SSSR count). The number of benzene rings is 1. The smallest absolute Gasteiger partial charge is 0.255 e. The van der Waals surface area contributed by atoms with Gasteiger partial charge in [-0.25, -0.2) is 4.68 Å². The van der Waals surface area contributed by atoms with Gasteiger partial charge in [0.1, 0.15) is 11.7 Å². The molecule has 1 unspecified atom stereocenters. The lowest BCUT2D eigenvalue weighted by molar-refractivity contribution is -0.137. The molecule has 2 N–H and O–H groups in total. The maximum Gasteiger partial charge on any atom is 0.255 e. The van der Waals surface area contributed by atoms with Crippen LogP contribution in [0.2, 0.25) is 0 Å². The van der Waals surface area contributed by atoms with Crippen molar-refractivity contribution in [1.29, 1.82) is 0 Å². The Hall–Kier alpha value is -3.56. The molecular formula is C19H20N6O4. The summed E-state index contributed by atoms with van der Waals surface area (Å²) in [6, 6.07) is 4.72. The average Bonchev–Trinajstić information content (AvgIpc) is 3.31. The van der Waals surface area contributed by atoms with Crippen LogP contribution in [0.15, 0.2) is 24.4 Å². The molecule has 1 atom stereocenters. The number of hydrogen-bond donors (Lipinski definition) is 2. The third-order valence-corrected chi connectivity index (χ3v) is 5.10. The molecule has 29 heavy (non-hydrogen) atoms. The van der Waals surface area contributed by atoms with E-state index in [0.717, 1.165) is 5.56 Å². The van der Waals surface area contributed by atoms with E-state index in [4.69, 9.17) is 0 Å². The fourth-order valence-corrected chi connectivity index (χ4v) is 3.50. The molecule has 0 radical (unpaired) electrons. The minimum absolute atomic E-state index is 0.0729. The second kappa shape index (κ2) is 7.46. The number of aromatic nitrogens is 3. The van der Waals surface area contributed by atoms with Gasteiger partial charge in [0.2, 0.25) is 17.7 Å². The Morgan fingerprint density at radius 2 is 2.14 bits per heavy atom. The maximum atomic E-state index is 12.9. The molecule has 10 nitrogen and oxygen atoms in total. The van der Waals surface area contributed by atoms with Gasteiger partial charge in [-0.3, -0.25) is 24.5 Å². The zero-order valence-corrected chi connectivity index (χ0v) is 15.8. The van der Waals surface area contributed by atoms with Crippen LogP contribution < -0.4 is 10.6 Å². The zero-order chi connectivity index (χ0) is 20.5. The van der Waals surface area contributed by atoms with Crippen molar-refractivity contribution >= 4 is 23.6 Å². The van der Waals surface area contributed by atoms with E-state index in [1.807, 2.05) is 12.1 Å². The summed E-state index contributed by atoms with van der Waals surface area (Å²) in [6.45, 7) is 2.37. The first kappa shape index (κ1) is 18.8. The van der Waals surface area contributed by atoms with Crippen LogP contribution in [0.3, 0.4) is 0 Å². The van der Waals surface area contributed by atoms with Crippen molar-refractivity contribution in [3.05, 3.63) is 41.2 Å². The van der Waals surface area contributed by atoms with Crippen molar-refractivity contribution < 1.29 is 19.2 Å². The maximum absolute atomic E-state index is 12.9. The summed E-state index contributed by atoms with van der Waals surface area (Å²) in [6.07, 6.45) is 2.63. The summed E-state index contributed by atoms with van der Waals surface area (Å²) in [5, 5.41) is 13.1. The Balaban J connectivity index is 1.51. The summed E-state index contributed by atoms with van der Waals surface area (Å²) in [7, 11) is 0. The highest BCUT2D eigenvalue weighted by Gasteiger charge is 2.39. The fraction of sp³-hybridized carbons (Fsp3) is 0.368. The second-order valence-corrected chi connectivity index (χ2v) is 7.03. The molecule has 150 valence electrons. The lowest BCUT2D eigenvalue weighted by Crippen LogP contribution is -2.52. The number of carbonyl (C=O) groups excluding carboxylic acids is 4. The van der Waals surface area contributed by atoms with Gasteiger partial charge in [0.15, 0.2) is 0 Å². The first-order valence-electron chi connectivity index (χ1n) is 9.42. The molecule has 2 aromatic rings. The molecule has 1 aromatic carbocycles. The lowest BCUT2D eigenvalue weighted by atomic mass is 10.0. The van der Waals surface area contributed by atoms with Crippen LogP contribution in [0.25, 0.3) is 5.69 Å². The fourth-order valence-electron chi connectivity index (χ4n) is 3.50. The topological polar surface area (TPSA) is 126 Å². The van der Waals surface area contributed by atoms with E-state index in [9.17, 15) is 19.2 Å². The molecule has 0 aliphatic carbocycles. The highest BCUT2D eigenvalue weighted by molar-refractivity contribution is 6.05. The Morgan fingerprint density at radius 1 is 1.31 bits per heavy atom. The number of nitrogens with zero attached hydrogens (tertiary/aromatic N) is 4. The number of piperidine rings is 1. The van der Waals surface area contributed by atoms with Crippen molar-refractivity contribution in [3.63, 3.8) is 0 Å². The zero-order valence-electron chi connectivity index (χ0n) is 15.8. The molecule has 1 saturated heterocycles. The molecule has 2 aliphatic heterocycles. The minimum atomic E-state index is -0.642. The molecule has 1 fully saturated rings. The molecule has 3 heterocycles. The van der Waals surface area contributed by atoms with Crippen LogP contribution in [0.1, 0.15) is 47.8 Å². The van der Waals surface area contributed by atoms with Gasteiger partial charge in [0.05, 0.1) is 18.4 Å². The lowest BCUT2D eigenvalue weighted by Gasteiger charge is -2.29. The Morgan fingerprint density at radius 3 is 2.90 bits per heavy atom. The molecule has 4 amide bonds. The molecule has 0 bridgehead atoms. The molecule has 1 aromatic heterocycles. The summed E-state index contributed by atoms with van der Waals surface area (Å²) >= 11 is 0. The minimum Gasteiger partial charge on any atom is -0.350 e. The third-order valence-electron chi connectivity index (χ3n) is 5.10. The summed E-state index contributed by atoms with van der Waals surface area (Å²) in [4.78, 5) is 49.3. The summed E-state index contributed by atoms with van der Waals surface area (Å²) in [5.74, 6) is -1.06. The van der Waals surface area contributed by atoms with Crippen molar-refractivity contribution in [2.45, 2.75) is 45.3 Å². The van der Waals surface area contributed by atoms with Gasteiger partial charge in [-0.2, -0.15) is 0 Å². The molecule has 2 aliphatic rings. The second-order valence-electron chi connectivity index (χ2n) is 7.03. The SMILES string of the molecule is CCC(=O)NCc1cn(-c2ccc3c(c2)C(=O)N(C2CCC(=O)NC2=O)C3)nn1. The standard InChI is InChI=1S/C19H20N6O4/c1-2-16(26)20-8-12-10-25(23-22-12)13-4-3-11-9-24(19(29)14(11)7-13)15-5-6-17(27)21-18(15)28/h3-4,7,10,15H,2,5-6,8-9H2,1H3,(H,20,26)(H,21,27,28). The van der Waals surface area contributed by atoms with Crippen LogP contribution in [-0.4, -0.2) is 49.6 Å². The van der Waals surface area contributed by atoms with E-state index in [2.05, 4.69) is 20.9 Å². The number of nitrogens with one attached hydrogen (secondary N) is 2. The molecule has 10 heteroatoms. The monoisotopic (exact) mass is 396 g/mol. The number of rotatable bonds is 5. The normalized spacial score (nSPS) is 18.6. The van der Waals surface area contributed by atoms with E-state index in [0.29, 0.717) is 36.3 Å². The van der Waals surface area contributed by atoms with Gasteiger partial charge in [-0.05, 0) is 24.1 Å². The molecule has 0 spiro atoms. The quantitative estimate of drug-likeness (QED) is 0.688. The van der Waals surface area contributed by atoms with Crippen molar-refractivity contribution in [1.82, 2.24) is 30.5 Å². The largest absolute Gasteiger partial charge is 0.350 e. The van der Waals surface area contributed by atoms with Crippen molar-refractivity contribution in [3.8, 4) is 5.69 Å². The van der Waals surface area contributed by atoms with E-state index in [-0.39, 0.29) is 30.7 Å². The Labute approximate surface area is 166 Å². The van der Waals surface area contributed by atoms with Gasteiger partial charge in [-0.1, -0.05) is 18.2 Å². The van der Waals surface area contributed by atoms with E-state index in [1.165, 1.54) is 9.58 Å². The third kappa shape index (κ3) is 3.60. The van der Waals surface area contributed by atoms with Crippen molar-refractivity contribution in [2.24, 2.45) is 0 Å². The Bertz CT molecular complexity index is 1010. The van der Waals surface area contributed by atoms with Gasteiger partial charge >= 0.3 is 0 Å². The van der Waals surface area contributed by atoms with Crippen LogP contribution in [-0.2, 0) is 27.5 Å². The van der Waals surface area contributed by atoms with Crippen LogP contribution in [0, 0.1) is 0 Å². The van der Waals surface area contributed by atoms with Crippen LogP contribution in [0.4, 0.5) is 0 Å². The molecule has 0 saturated carbocycles. The van der Waals surface area contributed by atoms with Crippen LogP contribution in [0.5, 0.6) is 0 Å². The van der Waals surface area contributed by atoms with Gasteiger partial charge < -0.3 is 10.2 Å². The van der Waals surface area contributed by atoms with Gasteiger partial charge in [0, 0.05) is 24.9 Å². The molecular weight excluding hydrogens is 376 g/mol. The highest BCUT2D eigenvalue weighted by Crippen LogP contribution is 2.28. The van der Waals surface area contributed by atoms with E-state index in [1.54, 1.807) is 19.2 Å². The first-order chi connectivity index (χ1) is 14.0. The number of amides is 4. The van der Waals surface area contributed by atoms with Gasteiger partial charge in [-0.15, -0.1) is 5.10 Å². The highest BCUT2D eigenvalue weighted by atomic mass is 16.2. The number of carbonyl (C=O) groups is 4. The number of fused-ring (bicyclic) bond motifs is 1. The van der Waals surface area contributed by atoms with Crippen molar-refractivity contribution in [2.75, 3.05) is 0 Å². The first-order valence-corrected chi connectivity index (χ1v) is 9.42. The van der Waals surface area contributed by atoms with E-state index >= 15 is 0 Å². The number of imide groups is 1. The summed E-state index contributed by atoms with van der Waals surface area (Å²) in [5.41, 5.74) is 2.58. The predicted molar refractivity (Wildman–Crippen MR) is 99.5 cm³/mol. The number of hydrogen-bond acceptors (Lipinski definition) is 6.